The van der Waals surface area contributed by atoms with E-state index in [9.17, 15) is 13.2 Å². The van der Waals surface area contributed by atoms with Crippen molar-refractivity contribution in [2.24, 2.45) is 5.92 Å². The number of nitrogens with one attached hydrogen (secondary N) is 1. The molecule has 7 nitrogen and oxygen atoms in total. The molecule has 3 aromatic rings. The Kier molecular flexibility index (Phi) is 7.02. The van der Waals surface area contributed by atoms with Crippen LogP contribution in [0.15, 0.2) is 53.4 Å². The molecule has 1 N–H and O–H groups in total. The summed E-state index contributed by atoms with van der Waals surface area (Å²) in [6.07, 6.45) is 1.64. The largest absolute Gasteiger partial charge is 0.497 e. The zero-order valence-electron chi connectivity index (χ0n) is 19.0. The van der Waals surface area contributed by atoms with E-state index >= 15 is 0 Å². The van der Waals surface area contributed by atoms with E-state index in [2.05, 4.69) is 10.8 Å². The molecule has 1 fully saturated rings. The van der Waals surface area contributed by atoms with Crippen molar-refractivity contribution in [3.63, 3.8) is 0 Å². The van der Waals surface area contributed by atoms with Crippen LogP contribution in [-0.4, -0.2) is 50.5 Å². The second-order valence-electron chi connectivity index (χ2n) is 8.64. The standard InChI is InChI=1S/C24H29N3O4S2/c1-16(2)22(26-33(29,30)19-10-8-18(31-3)9-11-19)24(28)27-14-12-17(13-15-27)23-25-20-6-4-5-7-21(20)32-23/h4-11,16-17,22,26H,12-15H2,1-3H3/t22-/m0/s1. The normalized spacial score (nSPS) is 16.3. The Labute approximate surface area is 198 Å². The highest BCUT2D eigenvalue weighted by atomic mass is 32.2. The van der Waals surface area contributed by atoms with Crippen LogP contribution in [0, 0.1) is 5.92 Å². The summed E-state index contributed by atoms with van der Waals surface area (Å²) in [5.41, 5.74) is 1.02. The monoisotopic (exact) mass is 487 g/mol. The maximum atomic E-state index is 13.3. The van der Waals surface area contributed by atoms with Crippen LogP contribution in [0.5, 0.6) is 5.75 Å². The van der Waals surface area contributed by atoms with Gasteiger partial charge in [0.15, 0.2) is 0 Å². The number of hydrogen-bond acceptors (Lipinski definition) is 6. The number of carbonyl (C=O) groups is 1. The molecule has 1 amide bonds. The molecule has 33 heavy (non-hydrogen) atoms. The third kappa shape index (κ3) is 5.20. The molecule has 1 saturated heterocycles. The van der Waals surface area contributed by atoms with Gasteiger partial charge in [-0.05, 0) is 55.2 Å². The fourth-order valence-corrected chi connectivity index (χ4v) is 6.54. The number of carbonyl (C=O) groups excluding carboxylic acids is 1. The van der Waals surface area contributed by atoms with Crippen LogP contribution in [0.1, 0.15) is 37.6 Å². The Bertz CT molecular complexity index is 1180. The molecule has 0 bridgehead atoms. The van der Waals surface area contributed by atoms with Gasteiger partial charge in [0.1, 0.15) is 11.8 Å². The lowest BCUT2D eigenvalue weighted by Gasteiger charge is -2.34. The van der Waals surface area contributed by atoms with Crippen molar-refractivity contribution in [2.45, 2.75) is 43.5 Å². The summed E-state index contributed by atoms with van der Waals surface area (Å²) < 4.78 is 34.8. The van der Waals surface area contributed by atoms with Crippen LogP contribution in [0.3, 0.4) is 0 Å². The molecule has 9 heteroatoms. The first-order valence-electron chi connectivity index (χ1n) is 11.1. The molecule has 0 unspecified atom stereocenters. The van der Waals surface area contributed by atoms with E-state index in [1.54, 1.807) is 28.4 Å². The van der Waals surface area contributed by atoms with Crippen LogP contribution in [0.4, 0.5) is 0 Å². The van der Waals surface area contributed by atoms with E-state index in [4.69, 9.17) is 9.72 Å². The number of nitrogens with zero attached hydrogens (tertiary/aromatic N) is 2. The topological polar surface area (TPSA) is 88.6 Å². The lowest BCUT2D eigenvalue weighted by Crippen LogP contribution is -2.52. The van der Waals surface area contributed by atoms with E-state index in [0.717, 1.165) is 23.4 Å². The van der Waals surface area contributed by atoms with Gasteiger partial charge >= 0.3 is 0 Å². The number of sulfonamides is 1. The van der Waals surface area contributed by atoms with E-state index < -0.39 is 16.1 Å². The summed E-state index contributed by atoms with van der Waals surface area (Å²) in [7, 11) is -2.32. The number of fused-ring (bicyclic) bond motifs is 1. The lowest BCUT2D eigenvalue weighted by atomic mass is 9.96. The van der Waals surface area contributed by atoms with E-state index in [1.807, 2.05) is 32.0 Å². The summed E-state index contributed by atoms with van der Waals surface area (Å²) in [4.78, 5) is 20.0. The van der Waals surface area contributed by atoms with Crippen LogP contribution >= 0.6 is 11.3 Å². The first kappa shape index (κ1) is 23.7. The molecular formula is C24H29N3O4S2. The maximum Gasteiger partial charge on any atom is 0.241 e. The molecule has 0 aliphatic carbocycles. The summed E-state index contributed by atoms with van der Waals surface area (Å²) in [6, 6.07) is 13.4. The molecule has 1 aromatic heterocycles. The minimum Gasteiger partial charge on any atom is -0.497 e. The average Bonchev–Trinajstić information content (AvgIpc) is 3.26. The smallest absolute Gasteiger partial charge is 0.241 e. The molecule has 1 atom stereocenters. The summed E-state index contributed by atoms with van der Waals surface area (Å²) in [5.74, 6) is 0.527. The molecule has 0 radical (unpaired) electrons. The first-order chi connectivity index (χ1) is 15.8. The van der Waals surface area contributed by atoms with Crippen LogP contribution in [-0.2, 0) is 14.8 Å². The number of likely N-dealkylation sites (tertiary alicyclic amines) is 1. The number of rotatable bonds is 7. The molecule has 2 aromatic carbocycles. The number of hydrogen-bond donors (Lipinski definition) is 1. The van der Waals surface area contributed by atoms with Gasteiger partial charge in [0.2, 0.25) is 15.9 Å². The zero-order valence-corrected chi connectivity index (χ0v) is 20.7. The number of methoxy groups -OCH3 is 1. The Hall–Kier alpha value is -2.49. The molecule has 4 rings (SSSR count). The van der Waals surface area contributed by atoms with Crippen molar-refractivity contribution >= 4 is 37.5 Å². The number of thiazole rings is 1. The number of ether oxygens (including phenoxy) is 1. The minimum absolute atomic E-state index is 0.108. The van der Waals surface area contributed by atoms with Gasteiger partial charge in [-0.3, -0.25) is 4.79 Å². The van der Waals surface area contributed by atoms with Gasteiger partial charge in [-0.25, -0.2) is 13.4 Å². The Balaban J connectivity index is 1.42. The Morgan fingerprint density at radius 2 is 1.79 bits per heavy atom. The van der Waals surface area contributed by atoms with Crippen molar-refractivity contribution in [3.05, 3.63) is 53.5 Å². The van der Waals surface area contributed by atoms with Crippen LogP contribution in [0.2, 0.25) is 0 Å². The van der Waals surface area contributed by atoms with Gasteiger partial charge < -0.3 is 9.64 Å². The predicted octanol–water partition coefficient (Wildman–Crippen LogP) is 4.01. The Morgan fingerprint density at radius 3 is 2.39 bits per heavy atom. The van der Waals surface area contributed by atoms with Crippen molar-refractivity contribution in [2.75, 3.05) is 20.2 Å². The number of amides is 1. The summed E-state index contributed by atoms with van der Waals surface area (Å²) in [6.45, 7) is 4.89. The van der Waals surface area contributed by atoms with Crippen molar-refractivity contribution in [1.82, 2.24) is 14.6 Å². The second kappa shape index (κ2) is 9.79. The minimum atomic E-state index is -3.84. The fraction of sp³-hybridized carbons (Fsp3) is 0.417. The van der Waals surface area contributed by atoms with E-state index in [0.29, 0.717) is 24.8 Å². The molecule has 0 spiro atoms. The maximum absolute atomic E-state index is 13.3. The van der Waals surface area contributed by atoms with Crippen molar-refractivity contribution in [3.8, 4) is 5.75 Å². The molecule has 1 aliphatic rings. The number of benzene rings is 2. The fourth-order valence-electron chi connectivity index (χ4n) is 4.07. The third-order valence-corrected chi connectivity index (χ3v) is 8.71. The van der Waals surface area contributed by atoms with Gasteiger partial charge in [0.05, 0.1) is 27.2 Å². The second-order valence-corrected chi connectivity index (χ2v) is 11.4. The summed E-state index contributed by atoms with van der Waals surface area (Å²) in [5, 5.41) is 1.11. The quantitative estimate of drug-likeness (QED) is 0.544. The van der Waals surface area contributed by atoms with Crippen molar-refractivity contribution in [1.29, 1.82) is 0 Å². The Morgan fingerprint density at radius 1 is 1.12 bits per heavy atom. The van der Waals surface area contributed by atoms with Crippen molar-refractivity contribution < 1.29 is 17.9 Å². The molecular weight excluding hydrogens is 458 g/mol. The first-order valence-corrected chi connectivity index (χ1v) is 13.4. The van der Waals surface area contributed by atoms with Crippen LogP contribution < -0.4 is 9.46 Å². The van der Waals surface area contributed by atoms with Gasteiger partial charge in [-0.2, -0.15) is 4.72 Å². The van der Waals surface area contributed by atoms with Gasteiger partial charge in [0.25, 0.3) is 0 Å². The number of piperidine rings is 1. The highest BCUT2D eigenvalue weighted by molar-refractivity contribution is 7.89. The molecule has 0 saturated carbocycles. The molecule has 176 valence electrons. The zero-order chi connectivity index (χ0) is 23.6. The van der Waals surface area contributed by atoms with Crippen LogP contribution in [0.25, 0.3) is 10.2 Å². The van der Waals surface area contributed by atoms with Gasteiger partial charge in [0, 0.05) is 19.0 Å². The molecule has 1 aliphatic heterocycles. The lowest BCUT2D eigenvalue weighted by molar-refractivity contribution is -0.135. The SMILES string of the molecule is COc1ccc(S(=O)(=O)N[C@H](C(=O)N2CCC(c3nc4ccccc4s3)CC2)C(C)C)cc1. The average molecular weight is 488 g/mol. The number of aromatic nitrogens is 1. The molecule has 2 heterocycles. The highest BCUT2D eigenvalue weighted by Crippen LogP contribution is 2.34. The third-order valence-electron chi connectivity index (χ3n) is 6.05. The highest BCUT2D eigenvalue weighted by Gasteiger charge is 2.34. The predicted molar refractivity (Wildman–Crippen MR) is 130 cm³/mol. The number of para-hydroxylation sites is 1. The van der Waals surface area contributed by atoms with E-state index in [-0.39, 0.29) is 16.7 Å². The van der Waals surface area contributed by atoms with Gasteiger partial charge in [-0.15, -0.1) is 11.3 Å². The summed E-state index contributed by atoms with van der Waals surface area (Å²) >= 11 is 1.72. The van der Waals surface area contributed by atoms with E-state index in [1.165, 1.54) is 23.9 Å². The van der Waals surface area contributed by atoms with Gasteiger partial charge in [-0.1, -0.05) is 26.0 Å².